The third-order valence-corrected chi connectivity index (χ3v) is 7.59. The van der Waals surface area contributed by atoms with E-state index in [0.29, 0.717) is 15.8 Å². The highest BCUT2D eigenvalue weighted by Crippen LogP contribution is 2.44. The number of hydrogen-bond acceptors (Lipinski definition) is 5. The zero-order valence-electron chi connectivity index (χ0n) is 16.2. The van der Waals surface area contributed by atoms with Gasteiger partial charge in [0.1, 0.15) is 11.9 Å². The number of fused-ring (bicyclic) bond motifs is 1. The van der Waals surface area contributed by atoms with E-state index in [1.54, 1.807) is 24.3 Å². The predicted octanol–water partition coefficient (Wildman–Crippen LogP) is 3.74. The molecule has 0 unspecified atom stereocenters. The van der Waals surface area contributed by atoms with Crippen molar-refractivity contribution in [1.29, 1.82) is 0 Å². The minimum Gasteiger partial charge on any atom is -0.484 e. The zero-order valence-corrected chi connectivity index (χ0v) is 18.5. The SMILES string of the molecule is CS(=O)(=O)c1ccc(O[C@H]2c3c(ccc(Cl)c3Cl)C[C@@H]2N2CCCNCC2)cc1. The standard InChI is InChI=1S/C21H24Cl2N2O3S/c1-29(26,27)16-6-4-15(5-7-16)28-21-18(25-11-2-9-24-10-12-25)13-14-3-8-17(22)20(23)19(14)21/h3-8,18,21,24H,2,9-13H2,1H3/t18-,21+/m0/s1. The van der Waals surface area contributed by atoms with Gasteiger partial charge in [-0.15, -0.1) is 0 Å². The molecular formula is C21H24Cl2N2O3S. The van der Waals surface area contributed by atoms with Crippen LogP contribution >= 0.6 is 23.2 Å². The van der Waals surface area contributed by atoms with E-state index < -0.39 is 9.84 Å². The molecule has 1 aliphatic heterocycles. The van der Waals surface area contributed by atoms with E-state index >= 15 is 0 Å². The molecule has 4 rings (SSSR count). The average Bonchev–Trinajstić information content (AvgIpc) is 2.86. The normalized spacial score (nSPS) is 22.9. The van der Waals surface area contributed by atoms with E-state index in [2.05, 4.69) is 10.2 Å². The summed E-state index contributed by atoms with van der Waals surface area (Å²) in [6, 6.07) is 10.6. The minimum absolute atomic E-state index is 0.149. The topological polar surface area (TPSA) is 58.6 Å². The van der Waals surface area contributed by atoms with Crippen molar-refractivity contribution in [2.45, 2.75) is 29.9 Å². The van der Waals surface area contributed by atoms with Crippen LogP contribution in [0.15, 0.2) is 41.3 Å². The van der Waals surface area contributed by atoms with Crippen molar-refractivity contribution >= 4 is 33.0 Å². The van der Waals surface area contributed by atoms with Crippen molar-refractivity contribution in [3.05, 3.63) is 57.6 Å². The lowest BCUT2D eigenvalue weighted by molar-refractivity contribution is 0.0821. The first kappa shape index (κ1) is 20.9. The van der Waals surface area contributed by atoms with Gasteiger partial charge in [0.05, 0.1) is 21.0 Å². The van der Waals surface area contributed by atoms with Crippen molar-refractivity contribution in [1.82, 2.24) is 10.2 Å². The fourth-order valence-electron chi connectivity index (χ4n) is 4.18. The van der Waals surface area contributed by atoms with Gasteiger partial charge < -0.3 is 10.1 Å². The molecule has 0 spiro atoms. The van der Waals surface area contributed by atoms with Crippen LogP contribution < -0.4 is 10.1 Å². The van der Waals surface area contributed by atoms with Crippen molar-refractivity contribution in [2.75, 3.05) is 32.4 Å². The Morgan fingerprint density at radius 3 is 2.55 bits per heavy atom. The van der Waals surface area contributed by atoms with E-state index in [4.69, 9.17) is 27.9 Å². The van der Waals surface area contributed by atoms with Crippen molar-refractivity contribution in [3.8, 4) is 5.75 Å². The fraction of sp³-hybridized carbons (Fsp3) is 0.429. The molecule has 0 bridgehead atoms. The highest BCUT2D eigenvalue weighted by molar-refractivity contribution is 7.90. The van der Waals surface area contributed by atoms with Crippen LogP contribution in [0.1, 0.15) is 23.7 Å². The Morgan fingerprint density at radius 2 is 1.83 bits per heavy atom. The Hall–Kier alpha value is -1.31. The lowest BCUT2D eigenvalue weighted by Gasteiger charge is -2.32. The van der Waals surface area contributed by atoms with Gasteiger partial charge in [0.15, 0.2) is 9.84 Å². The van der Waals surface area contributed by atoms with Crippen LogP contribution in [0.25, 0.3) is 0 Å². The van der Waals surface area contributed by atoms with Gasteiger partial charge in [-0.1, -0.05) is 29.3 Å². The molecule has 1 heterocycles. The third-order valence-electron chi connectivity index (χ3n) is 5.64. The number of benzene rings is 2. The molecule has 1 aliphatic carbocycles. The van der Waals surface area contributed by atoms with Gasteiger partial charge in [0.2, 0.25) is 0 Å². The maximum absolute atomic E-state index is 11.7. The molecular weight excluding hydrogens is 431 g/mol. The molecule has 0 radical (unpaired) electrons. The van der Waals surface area contributed by atoms with Crippen LogP contribution in [0.4, 0.5) is 0 Å². The van der Waals surface area contributed by atoms with E-state index in [-0.39, 0.29) is 17.0 Å². The Kier molecular flexibility index (Phi) is 6.09. The molecule has 2 aromatic carbocycles. The first-order valence-corrected chi connectivity index (χ1v) is 12.4. The van der Waals surface area contributed by atoms with Gasteiger partial charge >= 0.3 is 0 Å². The van der Waals surface area contributed by atoms with Gasteiger partial charge in [-0.2, -0.15) is 0 Å². The van der Waals surface area contributed by atoms with Crippen LogP contribution in [0.2, 0.25) is 10.0 Å². The number of nitrogens with one attached hydrogen (secondary N) is 1. The number of hydrogen-bond donors (Lipinski definition) is 1. The summed E-state index contributed by atoms with van der Waals surface area (Å²) in [6.45, 7) is 3.89. The molecule has 8 heteroatoms. The second-order valence-corrected chi connectivity index (χ2v) is 10.4. The lowest BCUT2D eigenvalue weighted by Crippen LogP contribution is -2.42. The van der Waals surface area contributed by atoms with Crippen molar-refractivity contribution in [3.63, 3.8) is 0 Å². The highest BCUT2D eigenvalue weighted by Gasteiger charge is 2.40. The van der Waals surface area contributed by atoms with Gasteiger partial charge in [-0.3, -0.25) is 4.90 Å². The second-order valence-electron chi connectivity index (χ2n) is 7.63. The molecule has 1 N–H and O–H groups in total. The van der Waals surface area contributed by atoms with E-state index in [0.717, 1.165) is 50.1 Å². The number of rotatable bonds is 4. The van der Waals surface area contributed by atoms with Crippen molar-refractivity contribution < 1.29 is 13.2 Å². The molecule has 5 nitrogen and oxygen atoms in total. The molecule has 29 heavy (non-hydrogen) atoms. The Bertz CT molecular complexity index is 988. The maximum atomic E-state index is 11.7. The molecule has 1 fully saturated rings. The number of ether oxygens (including phenoxy) is 1. The van der Waals surface area contributed by atoms with Crippen molar-refractivity contribution in [2.24, 2.45) is 0 Å². The van der Waals surface area contributed by atoms with Crippen LogP contribution in [0, 0.1) is 0 Å². The highest BCUT2D eigenvalue weighted by atomic mass is 35.5. The quantitative estimate of drug-likeness (QED) is 0.762. The summed E-state index contributed by atoms with van der Waals surface area (Å²) in [6.07, 6.45) is 2.86. The Morgan fingerprint density at radius 1 is 1.07 bits per heavy atom. The summed E-state index contributed by atoms with van der Waals surface area (Å²) in [7, 11) is -3.25. The summed E-state index contributed by atoms with van der Waals surface area (Å²) in [5.74, 6) is 0.615. The summed E-state index contributed by atoms with van der Waals surface area (Å²) in [5.41, 5.74) is 2.09. The van der Waals surface area contributed by atoms with Crippen LogP contribution in [-0.2, 0) is 16.3 Å². The molecule has 156 valence electrons. The molecule has 0 aromatic heterocycles. The maximum Gasteiger partial charge on any atom is 0.175 e. The molecule has 2 aliphatic rings. The number of halogens is 2. The summed E-state index contributed by atoms with van der Waals surface area (Å²) >= 11 is 12.9. The monoisotopic (exact) mass is 454 g/mol. The largest absolute Gasteiger partial charge is 0.484 e. The average molecular weight is 455 g/mol. The number of sulfone groups is 1. The summed E-state index contributed by atoms with van der Waals surface area (Å²) in [4.78, 5) is 2.73. The summed E-state index contributed by atoms with van der Waals surface area (Å²) < 4.78 is 29.9. The van der Waals surface area contributed by atoms with Crippen LogP contribution in [-0.4, -0.2) is 51.8 Å². The van der Waals surface area contributed by atoms with Gasteiger partial charge in [0, 0.05) is 24.9 Å². The van der Waals surface area contributed by atoms with Gasteiger partial charge in [-0.05, 0) is 61.8 Å². The van der Waals surface area contributed by atoms with Crippen LogP contribution in [0.5, 0.6) is 5.75 Å². The molecule has 2 aromatic rings. The van der Waals surface area contributed by atoms with E-state index in [1.807, 2.05) is 12.1 Å². The van der Waals surface area contributed by atoms with E-state index in [1.165, 1.54) is 6.26 Å². The molecule has 0 saturated carbocycles. The molecule has 1 saturated heterocycles. The Labute approximate surface area is 181 Å². The van der Waals surface area contributed by atoms with Gasteiger partial charge in [0.25, 0.3) is 0 Å². The van der Waals surface area contributed by atoms with Gasteiger partial charge in [-0.25, -0.2) is 8.42 Å². The molecule has 2 atom stereocenters. The minimum atomic E-state index is -3.25. The lowest BCUT2D eigenvalue weighted by atomic mass is 10.1. The van der Waals surface area contributed by atoms with E-state index in [9.17, 15) is 8.42 Å². The van der Waals surface area contributed by atoms with Crippen LogP contribution in [0.3, 0.4) is 0 Å². The zero-order chi connectivity index (χ0) is 20.6. The number of nitrogens with zero attached hydrogens (tertiary/aromatic N) is 1. The molecule has 0 amide bonds. The fourth-order valence-corrected chi connectivity index (χ4v) is 5.27. The first-order chi connectivity index (χ1) is 13.8. The Balaban J connectivity index is 1.67. The smallest absolute Gasteiger partial charge is 0.175 e. The predicted molar refractivity (Wildman–Crippen MR) is 116 cm³/mol. The first-order valence-electron chi connectivity index (χ1n) is 9.73. The third kappa shape index (κ3) is 4.42. The second kappa shape index (κ2) is 8.44. The summed E-state index contributed by atoms with van der Waals surface area (Å²) in [5, 5.41) is 4.50.